The normalized spacial score (nSPS) is 18.7. The van der Waals surface area contributed by atoms with Crippen molar-refractivity contribution in [3.05, 3.63) is 48.0 Å². The van der Waals surface area contributed by atoms with Gasteiger partial charge in [-0.3, -0.25) is 0 Å². The van der Waals surface area contributed by atoms with Crippen molar-refractivity contribution in [3.8, 4) is 0 Å². The minimum Gasteiger partial charge on any atom is -0.335 e. The van der Waals surface area contributed by atoms with Crippen LogP contribution in [0.1, 0.15) is 30.7 Å². The van der Waals surface area contributed by atoms with Gasteiger partial charge in [0.1, 0.15) is 5.82 Å². The lowest BCUT2D eigenvalue weighted by Gasteiger charge is -2.23. The summed E-state index contributed by atoms with van der Waals surface area (Å²) >= 11 is 1.98. The quantitative estimate of drug-likeness (QED) is 0.888. The zero-order chi connectivity index (χ0) is 14.7. The number of fused-ring (bicyclic) bond motifs is 1. The molecule has 21 heavy (non-hydrogen) atoms. The Morgan fingerprint density at radius 3 is 3.10 bits per heavy atom. The standard InChI is InChI=1S/C17H23N3S/c1-3-9-20-10-8-19-17(20)11-15(18-2)14-12-21-16-7-5-4-6-13(14)16/h4-8,10,14-15,18H,3,9,11-12H2,1-2H3. The van der Waals surface area contributed by atoms with E-state index in [9.17, 15) is 0 Å². The zero-order valence-electron chi connectivity index (χ0n) is 12.7. The van der Waals surface area contributed by atoms with Gasteiger partial charge >= 0.3 is 0 Å². The Morgan fingerprint density at radius 1 is 1.43 bits per heavy atom. The van der Waals surface area contributed by atoms with E-state index in [1.807, 2.05) is 18.0 Å². The lowest BCUT2D eigenvalue weighted by Crippen LogP contribution is -2.35. The molecule has 0 saturated carbocycles. The Kier molecular flexibility index (Phi) is 4.66. The highest BCUT2D eigenvalue weighted by Gasteiger charge is 2.30. The summed E-state index contributed by atoms with van der Waals surface area (Å²) in [5.41, 5.74) is 1.50. The molecule has 1 N–H and O–H groups in total. The molecule has 1 aliphatic heterocycles. The molecule has 0 bridgehead atoms. The van der Waals surface area contributed by atoms with Crippen LogP contribution in [-0.4, -0.2) is 28.4 Å². The number of aryl methyl sites for hydroxylation is 1. The number of rotatable bonds is 6. The average molecular weight is 301 g/mol. The van der Waals surface area contributed by atoms with Gasteiger partial charge in [0.15, 0.2) is 0 Å². The third kappa shape index (κ3) is 3.01. The van der Waals surface area contributed by atoms with Crippen LogP contribution in [0.2, 0.25) is 0 Å². The zero-order valence-corrected chi connectivity index (χ0v) is 13.6. The number of hydrogen-bond acceptors (Lipinski definition) is 3. The Morgan fingerprint density at radius 2 is 2.29 bits per heavy atom. The van der Waals surface area contributed by atoms with E-state index in [-0.39, 0.29) is 0 Å². The van der Waals surface area contributed by atoms with Crippen LogP contribution >= 0.6 is 11.8 Å². The van der Waals surface area contributed by atoms with E-state index in [0.717, 1.165) is 19.4 Å². The van der Waals surface area contributed by atoms with E-state index in [2.05, 4.69) is 59.3 Å². The molecule has 2 atom stereocenters. The predicted octanol–water partition coefficient (Wildman–Crippen LogP) is 3.31. The van der Waals surface area contributed by atoms with Crippen LogP contribution in [0.5, 0.6) is 0 Å². The van der Waals surface area contributed by atoms with Crippen LogP contribution in [0.15, 0.2) is 41.6 Å². The van der Waals surface area contributed by atoms with Crippen LogP contribution in [0, 0.1) is 0 Å². The second kappa shape index (κ2) is 6.67. The molecule has 1 aliphatic rings. The first-order chi connectivity index (χ1) is 10.3. The van der Waals surface area contributed by atoms with Gasteiger partial charge in [0.25, 0.3) is 0 Å². The Hall–Kier alpha value is -1.26. The van der Waals surface area contributed by atoms with Gasteiger partial charge in [0.05, 0.1) is 0 Å². The highest BCUT2D eigenvalue weighted by atomic mass is 32.2. The fraction of sp³-hybridized carbons (Fsp3) is 0.471. The molecule has 0 aliphatic carbocycles. The SMILES string of the molecule is CCCn1ccnc1CC(NC)C1CSc2ccccc21. The molecule has 2 heterocycles. The molecule has 2 aromatic rings. The van der Waals surface area contributed by atoms with Gasteiger partial charge in [-0.1, -0.05) is 25.1 Å². The van der Waals surface area contributed by atoms with Crippen molar-refractivity contribution in [2.75, 3.05) is 12.8 Å². The Labute approximate surface area is 131 Å². The predicted molar refractivity (Wildman–Crippen MR) is 89.0 cm³/mol. The van der Waals surface area contributed by atoms with E-state index >= 15 is 0 Å². The summed E-state index contributed by atoms with van der Waals surface area (Å²) in [5.74, 6) is 2.94. The van der Waals surface area contributed by atoms with Gasteiger partial charge in [0.2, 0.25) is 0 Å². The first-order valence-corrected chi connectivity index (χ1v) is 8.71. The summed E-state index contributed by atoms with van der Waals surface area (Å²) < 4.78 is 2.29. The van der Waals surface area contributed by atoms with Crippen molar-refractivity contribution in [1.82, 2.24) is 14.9 Å². The lowest BCUT2D eigenvalue weighted by molar-refractivity contribution is 0.467. The summed E-state index contributed by atoms with van der Waals surface area (Å²) in [6.45, 7) is 3.27. The highest BCUT2D eigenvalue weighted by molar-refractivity contribution is 7.99. The van der Waals surface area contributed by atoms with E-state index in [1.54, 1.807) is 0 Å². The van der Waals surface area contributed by atoms with Crippen LogP contribution in [-0.2, 0) is 13.0 Å². The maximum atomic E-state index is 4.57. The van der Waals surface area contributed by atoms with Crippen LogP contribution < -0.4 is 5.32 Å². The number of imidazole rings is 1. The number of aromatic nitrogens is 2. The molecule has 0 spiro atoms. The third-order valence-electron chi connectivity index (χ3n) is 4.26. The molecule has 2 unspecified atom stereocenters. The lowest BCUT2D eigenvalue weighted by atomic mass is 9.91. The van der Waals surface area contributed by atoms with Crippen molar-refractivity contribution in [2.45, 2.75) is 43.2 Å². The maximum Gasteiger partial charge on any atom is 0.110 e. The molecule has 112 valence electrons. The number of benzene rings is 1. The minimum absolute atomic E-state index is 0.444. The monoisotopic (exact) mass is 301 g/mol. The minimum atomic E-state index is 0.444. The summed E-state index contributed by atoms with van der Waals surface area (Å²) in [6, 6.07) is 9.26. The summed E-state index contributed by atoms with van der Waals surface area (Å²) in [6.07, 6.45) is 6.16. The molecule has 3 nitrogen and oxygen atoms in total. The van der Waals surface area contributed by atoms with E-state index in [1.165, 1.54) is 22.0 Å². The second-order valence-corrected chi connectivity index (χ2v) is 6.65. The van der Waals surface area contributed by atoms with Gasteiger partial charge in [-0.25, -0.2) is 4.98 Å². The van der Waals surface area contributed by atoms with Crippen molar-refractivity contribution >= 4 is 11.8 Å². The molecule has 0 fully saturated rings. The fourth-order valence-electron chi connectivity index (χ4n) is 3.14. The Balaban J connectivity index is 1.79. The van der Waals surface area contributed by atoms with E-state index < -0.39 is 0 Å². The van der Waals surface area contributed by atoms with Crippen molar-refractivity contribution in [1.29, 1.82) is 0 Å². The molecule has 4 heteroatoms. The Bertz CT molecular complexity index is 593. The van der Waals surface area contributed by atoms with Crippen molar-refractivity contribution in [2.24, 2.45) is 0 Å². The molecule has 1 aromatic heterocycles. The molecule has 0 amide bonds. The van der Waals surface area contributed by atoms with Crippen LogP contribution in [0.4, 0.5) is 0 Å². The number of thioether (sulfide) groups is 1. The van der Waals surface area contributed by atoms with Crippen LogP contribution in [0.3, 0.4) is 0 Å². The smallest absolute Gasteiger partial charge is 0.110 e. The number of nitrogens with one attached hydrogen (secondary N) is 1. The van der Waals surface area contributed by atoms with Gasteiger partial charge in [-0.2, -0.15) is 0 Å². The maximum absolute atomic E-state index is 4.57. The number of nitrogens with zero attached hydrogens (tertiary/aromatic N) is 2. The second-order valence-electron chi connectivity index (χ2n) is 5.59. The van der Waals surface area contributed by atoms with Gasteiger partial charge in [-0.05, 0) is 25.1 Å². The molecular formula is C17H23N3S. The molecular weight excluding hydrogens is 278 g/mol. The van der Waals surface area contributed by atoms with Gasteiger partial charge < -0.3 is 9.88 Å². The van der Waals surface area contributed by atoms with Gasteiger partial charge in [0, 0.05) is 48.0 Å². The average Bonchev–Trinajstić information content (AvgIpc) is 3.12. The topological polar surface area (TPSA) is 29.9 Å². The number of hydrogen-bond donors (Lipinski definition) is 1. The van der Waals surface area contributed by atoms with E-state index in [0.29, 0.717) is 12.0 Å². The fourth-order valence-corrected chi connectivity index (χ4v) is 4.47. The first-order valence-electron chi connectivity index (χ1n) is 7.72. The van der Waals surface area contributed by atoms with Crippen molar-refractivity contribution < 1.29 is 0 Å². The van der Waals surface area contributed by atoms with Gasteiger partial charge in [-0.15, -0.1) is 11.8 Å². The van der Waals surface area contributed by atoms with Crippen LogP contribution in [0.25, 0.3) is 0 Å². The summed E-state index contributed by atoms with van der Waals surface area (Å²) in [7, 11) is 2.07. The largest absolute Gasteiger partial charge is 0.335 e. The number of likely N-dealkylation sites (N-methyl/N-ethyl adjacent to an activating group) is 1. The molecule has 0 radical (unpaired) electrons. The van der Waals surface area contributed by atoms with Crippen molar-refractivity contribution in [3.63, 3.8) is 0 Å². The molecule has 0 saturated heterocycles. The summed E-state index contributed by atoms with van der Waals surface area (Å²) in [5, 5.41) is 3.53. The highest BCUT2D eigenvalue weighted by Crippen LogP contribution is 2.41. The van der Waals surface area contributed by atoms with E-state index in [4.69, 9.17) is 0 Å². The third-order valence-corrected chi connectivity index (χ3v) is 5.47. The molecule has 1 aromatic carbocycles. The molecule has 3 rings (SSSR count). The summed E-state index contributed by atoms with van der Waals surface area (Å²) in [4.78, 5) is 6.01. The first kappa shape index (κ1) is 14.7.